The van der Waals surface area contributed by atoms with Gasteiger partial charge in [-0.1, -0.05) is 6.07 Å². The Morgan fingerprint density at radius 2 is 2.32 bits per heavy atom. The van der Waals surface area contributed by atoms with Crippen molar-refractivity contribution in [3.63, 3.8) is 0 Å². The number of likely N-dealkylation sites (tertiary alicyclic amines) is 1. The second kappa shape index (κ2) is 6.15. The molecule has 0 aromatic heterocycles. The van der Waals surface area contributed by atoms with E-state index in [0.29, 0.717) is 17.9 Å². The van der Waals surface area contributed by atoms with Gasteiger partial charge in [-0.05, 0) is 32.4 Å². The third-order valence-electron chi connectivity index (χ3n) is 3.73. The number of hydrogen-bond acceptors (Lipinski definition) is 3. The first-order chi connectivity index (χ1) is 9.10. The minimum absolute atomic E-state index is 0.107. The van der Waals surface area contributed by atoms with Crippen LogP contribution in [-0.4, -0.2) is 30.9 Å². The molecule has 4 heteroatoms. The molecule has 0 bridgehead atoms. The van der Waals surface area contributed by atoms with Crippen LogP contribution in [0.15, 0.2) is 18.2 Å². The number of carbonyl (C=O) groups is 1. The number of carbonyl (C=O) groups excluding carboxylic acids is 1. The molecule has 0 N–H and O–H groups in total. The Morgan fingerprint density at radius 3 is 2.95 bits per heavy atom. The predicted octanol–water partition coefficient (Wildman–Crippen LogP) is 2.64. The van der Waals surface area contributed by atoms with E-state index in [2.05, 4.69) is 4.90 Å². The quantitative estimate of drug-likeness (QED) is 0.838. The first-order valence-electron chi connectivity index (χ1n) is 6.65. The standard InChI is InChI=1S/C15H20FNO2/c1-11(18)12-4-3-7-17(9-12)10-13-5-6-14(19-2)8-15(13)16/h5-6,8,12H,3-4,7,9-10H2,1-2H3. The van der Waals surface area contributed by atoms with Gasteiger partial charge in [0, 0.05) is 30.6 Å². The third kappa shape index (κ3) is 3.53. The number of methoxy groups -OCH3 is 1. The topological polar surface area (TPSA) is 29.5 Å². The van der Waals surface area contributed by atoms with Gasteiger partial charge in [0.2, 0.25) is 0 Å². The number of ether oxygens (including phenoxy) is 1. The van der Waals surface area contributed by atoms with E-state index in [0.717, 1.165) is 25.9 Å². The number of rotatable bonds is 4. The summed E-state index contributed by atoms with van der Waals surface area (Å²) in [7, 11) is 1.52. The average molecular weight is 265 g/mol. The highest BCUT2D eigenvalue weighted by Crippen LogP contribution is 2.22. The molecule has 1 fully saturated rings. The van der Waals surface area contributed by atoms with Crippen molar-refractivity contribution < 1.29 is 13.9 Å². The van der Waals surface area contributed by atoms with Crippen LogP contribution in [0.5, 0.6) is 5.75 Å². The maximum Gasteiger partial charge on any atom is 0.134 e. The van der Waals surface area contributed by atoms with Crippen LogP contribution in [-0.2, 0) is 11.3 Å². The van der Waals surface area contributed by atoms with E-state index in [1.165, 1.54) is 13.2 Å². The molecule has 104 valence electrons. The van der Waals surface area contributed by atoms with Crippen molar-refractivity contribution in [1.82, 2.24) is 4.90 Å². The van der Waals surface area contributed by atoms with Gasteiger partial charge in [-0.25, -0.2) is 4.39 Å². The van der Waals surface area contributed by atoms with Gasteiger partial charge in [-0.2, -0.15) is 0 Å². The molecule has 0 aliphatic carbocycles. The van der Waals surface area contributed by atoms with E-state index in [1.54, 1.807) is 19.1 Å². The highest BCUT2D eigenvalue weighted by molar-refractivity contribution is 5.78. The number of Topliss-reactive ketones (excluding diaryl/α,β-unsaturated/α-hetero) is 1. The van der Waals surface area contributed by atoms with Gasteiger partial charge < -0.3 is 4.74 Å². The molecule has 1 aliphatic rings. The largest absolute Gasteiger partial charge is 0.497 e. The molecular formula is C15H20FNO2. The second-order valence-electron chi connectivity index (χ2n) is 5.14. The number of halogens is 1. The average Bonchev–Trinajstić information content (AvgIpc) is 2.41. The van der Waals surface area contributed by atoms with Crippen molar-refractivity contribution in [1.29, 1.82) is 0 Å². The fraction of sp³-hybridized carbons (Fsp3) is 0.533. The first kappa shape index (κ1) is 14.0. The summed E-state index contributed by atoms with van der Waals surface area (Å²) in [6.07, 6.45) is 1.96. The Labute approximate surface area is 113 Å². The first-order valence-corrected chi connectivity index (χ1v) is 6.65. The molecule has 0 radical (unpaired) electrons. The summed E-state index contributed by atoms with van der Waals surface area (Å²) >= 11 is 0. The summed E-state index contributed by atoms with van der Waals surface area (Å²) < 4.78 is 18.9. The molecule has 2 rings (SSSR count). The molecule has 3 nitrogen and oxygen atoms in total. The number of benzene rings is 1. The van der Waals surface area contributed by atoms with Crippen LogP contribution in [0, 0.1) is 11.7 Å². The fourth-order valence-corrected chi connectivity index (χ4v) is 2.56. The molecule has 1 aromatic rings. The lowest BCUT2D eigenvalue weighted by atomic mass is 9.94. The van der Waals surface area contributed by atoms with Crippen LogP contribution in [0.25, 0.3) is 0 Å². The summed E-state index contributed by atoms with van der Waals surface area (Å²) in [5.41, 5.74) is 0.657. The van der Waals surface area contributed by atoms with E-state index < -0.39 is 0 Å². The van der Waals surface area contributed by atoms with E-state index in [1.807, 2.05) is 0 Å². The van der Waals surface area contributed by atoms with E-state index in [4.69, 9.17) is 4.74 Å². The third-order valence-corrected chi connectivity index (χ3v) is 3.73. The fourth-order valence-electron chi connectivity index (χ4n) is 2.56. The van der Waals surface area contributed by atoms with Crippen molar-refractivity contribution in [2.75, 3.05) is 20.2 Å². The van der Waals surface area contributed by atoms with Gasteiger partial charge in [-0.3, -0.25) is 9.69 Å². The molecule has 1 aromatic carbocycles. The summed E-state index contributed by atoms with van der Waals surface area (Å²) in [5.74, 6) is 0.626. The molecule has 0 amide bonds. The van der Waals surface area contributed by atoms with E-state index >= 15 is 0 Å². The summed E-state index contributed by atoms with van der Waals surface area (Å²) in [6, 6.07) is 4.93. The molecule has 1 saturated heterocycles. The van der Waals surface area contributed by atoms with Gasteiger partial charge in [-0.15, -0.1) is 0 Å². The Balaban J connectivity index is 2.02. The number of ketones is 1. The summed E-state index contributed by atoms with van der Waals surface area (Å²) in [5, 5.41) is 0. The Kier molecular flexibility index (Phi) is 4.53. The van der Waals surface area contributed by atoms with Crippen LogP contribution >= 0.6 is 0 Å². The van der Waals surface area contributed by atoms with Gasteiger partial charge in [0.15, 0.2) is 0 Å². The van der Waals surface area contributed by atoms with E-state index in [-0.39, 0.29) is 17.5 Å². The smallest absolute Gasteiger partial charge is 0.134 e. The van der Waals surface area contributed by atoms with Crippen molar-refractivity contribution in [2.24, 2.45) is 5.92 Å². The number of piperidine rings is 1. The Bertz CT molecular complexity index is 461. The van der Waals surface area contributed by atoms with Crippen LogP contribution in [0.4, 0.5) is 4.39 Å². The van der Waals surface area contributed by atoms with Crippen LogP contribution in [0.3, 0.4) is 0 Å². The molecule has 1 unspecified atom stereocenters. The minimum atomic E-state index is -0.246. The van der Waals surface area contributed by atoms with Crippen LogP contribution < -0.4 is 4.74 Å². The van der Waals surface area contributed by atoms with Gasteiger partial charge in [0.05, 0.1) is 7.11 Å². The van der Waals surface area contributed by atoms with Crippen molar-refractivity contribution in [3.05, 3.63) is 29.6 Å². The second-order valence-corrected chi connectivity index (χ2v) is 5.14. The molecule has 0 saturated carbocycles. The molecular weight excluding hydrogens is 245 g/mol. The van der Waals surface area contributed by atoms with Crippen LogP contribution in [0.2, 0.25) is 0 Å². The SMILES string of the molecule is COc1ccc(CN2CCCC(C(C)=O)C2)c(F)c1. The Morgan fingerprint density at radius 1 is 1.53 bits per heavy atom. The number of hydrogen-bond donors (Lipinski definition) is 0. The highest BCUT2D eigenvalue weighted by atomic mass is 19.1. The maximum atomic E-state index is 13.9. The normalized spacial score (nSPS) is 20.3. The van der Waals surface area contributed by atoms with Crippen LogP contribution in [0.1, 0.15) is 25.3 Å². The van der Waals surface area contributed by atoms with Gasteiger partial charge in [0.1, 0.15) is 17.3 Å². The monoisotopic (exact) mass is 265 g/mol. The van der Waals surface area contributed by atoms with Gasteiger partial charge in [0.25, 0.3) is 0 Å². The zero-order chi connectivity index (χ0) is 13.8. The van der Waals surface area contributed by atoms with Crippen molar-refractivity contribution in [3.8, 4) is 5.75 Å². The molecule has 1 atom stereocenters. The predicted molar refractivity (Wildman–Crippen MR) is 71.6 cm³/mol. The van der Waals surface area contributed by atoms with E-state index in [9.17, 15) is 9.18 Å². The summed E-state index contributed by atoms with van der Waals surface area (Å²) in [6.45, 7) is 3.86. The highest BCUT2D eigenvalue weighted by Gasteiger charge is 2.23. The molecule has 1 heterocycles. The lowest BCUT2D eigenvalue weighted by molar-refractivity contribution is -0.122. The molecule has 19 heavy (non-hydrogen) atoms. The zero-order valence-corrected chi connectivity index (χ0v) is 11.5. The summed E-state index contributed by atoms with van der Waals surface area (Å²) in [4.78, 5) is 13.6. The molecule has 1 aliphatic heterocycles. The maximum absolute atomic E-state index is 13.9. The van der Waals surface area contributed by atoms with Crippen molar-refractivity contribution in [2.45, 2.75) is 26.3 Å². The number of nitrogens with zero attached hydrogens (tertiary/aromatic N) is 1. The molecule has 0 spiro atoms. The lowest BCUT2D eigenvalue weighted by Gasteiger charge is -2.31. The lowest BCUT2D eigenvalue weighted by Crippen LogP contribution is -2.37. The zero-order valence-electron chi connectivity index (χ0n) is 11.5. The Hall–Kier alpha value is -1.42. The minimum Gasteiger partial charge on any atom is -0.497 e. The van der Waals surface area contributed by atoms with Gasteiger partial charge >= 0.3 is 0 Å². The van der Waals surface area contributed by atoms with Crippen molar-refractivity contribution >= 4 is 5.78 Å².